The molecule has 32 heavy (non-hydrogen) atoms. The highest BCUT2D eigenvalue weighted by atomic mass is 16.2. The summed E-state index contributed by atoms with van der Waals surface area (Å²) in [5.41, 5.74) is 2.55. The third-order valence-corrected chi connectivity index (χ3v) is 8.75. The third-order valence-electron chi connectivity index (χ3n) is 8.75. The minimum Gasteiger partial charge on any atom is -0.369 e. The van der Waals surface area contributed by atoms with E-state index in [4.69, 9.17) is 0 Å². The van der Waals surface area contributed by atoms with Crippen molar-refractivity contribution in [3.63, 3.8) is 0 Å². The SMILES string of the molecule is CN1CCN(c2ccncc2C2CN(C(=O)[C@@H]3CC[C@@H]4C[C@H]5C[C@@H]5CCC(=O)N43)C2)CC1. The molecule has 5 aliphatic rings. The summed E-state index contributed by atoms with van der Waals surface area (Å²) >= 11 is 0. The van der Waals surface area contributed by atoms with Crippen LogP contribution in [0.1, 0.15) is 50.0 Å². The van der Waals surface area contributed by atoms with E-state index < -0.39 is 0 Å². The van der Waals surface area contributed by atoms with Crippen LogP contribution in [0.4, 0.5) is 5.69 Å². The Bertz CT molecular complexity index is 892. The fourth-order valence-electron chi connectivity index (χ4n) is 6.59. The van der Waals surface area contributed by atoms with Crippen molar-refractivity contribution < 1.29 is 9.59 Å². The number of carbonyl (C=O) groups is 2. The molecule has 2 amide bonds. The zero-order valence-electron chi connectivity index (χ0n) is 19.2. The smallest absolute Gasteiger partial charge is 0.245 e. The Hall–Kier alpha value is -2.15. The first-order valence-electron chi connectivity index (χ1n) is 12.6. The molecule has 4 saturated heterocycles. The average Bonchev–Trinajstić information content (AvgIpc) is 3.35. The van der Waals surface area contributed by atoms with Crippen LogP contribution in [-0.4, -0.2) is 89.9 Å². The van der Waals surface area contributed by atoms with Crippen molar-refractivity contribution in [1.82, 2.24) is 19.7 Å². The number of nitrogens with zero attached hydrogens (tertiary/aromatic N) is 5. The van der Waals surface area contributed by atoms with E-state index >= 15 is 0 Å². The van der Waals surface area contributed by atoms with Gasteiger partial charge in [0.15, 0.2) is 0 Å². The van der Waals surface area contributed by atoms with E-state index in [2.05, 4.69) is 27.9 Å². The van der Waals surface area contributed by atoms with E-state index in [1.807, 2.05) is 22.2 Å². The monoisotopic (exact) mass is 437 g/mol. The number of rotatable bonds is 3. The number of piperazine rings is 1. The predicted octanol–water partition coefficient (Wildman–Crippen LogP) is 1.94. The molecular weight excluding hydrogens is 402 g/mol. The van der Waals surface area contributed by atoms with Gasteiger partial charge in [0.2, 0.25) is 11.8 Å². The second-order valence-corrected chi connectivity index (χ2v) is 10.7. The van der Waals surface area contributed by atoms with Gasteiger partial charge in [-0.2, -0.15) is 0 Å². The highest BCUT2D eigenvalue weighted by Gasteiger charge is 2.49. The lowest BCUT2D eigenvalue weighted by Crippen LogP contribution is -2.57. The molecule has 0 spiro atoms. The molecule has 1 aromatic rings. The summed E-state index contributed by atoms with van der Waals surface area (Å²) in [6.07, 6.45) is 9.79. The topological polar surface area (TPSA) is 60.0 Å². The maximum atomic E-state index is 13.4. The molecule has 4 atom stereocenters. The van der Waals surface area contributed by atoms with Gasteiger partial charge in [-0.15, -0.1) is 0 Å². The van der Waals surface area contributed by atoms with Crippen molar-refractivity contribution >= 4 is 17.5 Å². The second-order valence-electron chi connectivity index (χ2n) is 10.7. The van der Waals surface area contributed by atoms with Gasteiger partial charge in [0, 0.05) is 81.3 Å². The van der Waals surface area contributed by atoms with Crippen LogP contribution in [0.5, 0.6) is 0 Å². The second kappa shape index (κ2) is 8.01. The number of hydrogen-bond acceptors (Lipinski definition) is 5. The van der Waals surface area contributed by atoms with E-state index in [0.717, 1.165) is 76.8 Å². The number of amides is 2. The Kier molecular flexibility index (Phi) is 5.12. The Labute approximate surface area is 190 Å². The predicted molar refractivity (Wildman–Crippen MR) is 122 cm³/mol. The number of fused-ring (bicyclic) bond motifs is 2. The van der Waals surface area contributed by atoms with Crippen molar-refractivity contribution in [2.45, 2.75) is 56.5 Å². The minimum absolute atomic E-state index is 0.176. The van der Waals surface area contributed by atoms with Crippen LogP contribution < -0.4 is 4.90 Å². The molecule has 0 bridgehead atoms. The zero-order valence-corrected chi connectivity index (χ0v) is 19.2. The first kappa shape index (κ1) is 20.5. The Morgan fingerprint density at radius 2 is 1.84 bits per heavy atom. The molecule has 0 unspecified atom stereocenters. The van der Waals surface area contributed by atoms with Gasteiger partial charge in [0.1, 0.15) is 6.04 Å². The summed E-state index contributed by atoms with van der Waals surface area (Å²) in [4.78, 5) is 39.6. The lowest BCUT2D eigenvalue weighted by atomic mass is 9.90. The molecule has 5 fully saturated rings. The number of hydrogen-bond donors (Lipinski definition) is 0. The van der Waals surface area contributed by atoms with E-state index in [1.165, 1.54) is 17.7 Å². The van der Waals surface area contributed by atoms with E-state index in [0.29, 0.717) is 18.4 Å². The van der Waals surface area contributed by atoms with Crippen LogP contribution in [0.15, 0.2) is 18.5 Å². The van der Waals surface area contributed by atoms with Gasteiger partial charge in [0.05, 0.1) is 0 Å². The molecule has 172 valence electrons. The molecule has 6 rings (SSSR count). The van der Waals surface area contributed by atoms with Gasteiger partial charge >= 0.3 is 0 Å². The largest absolute Gasteiger partial charge is 0.369 e. The van der Waals surface area contributed by atoms with Gasteiger partial charge in [-0.1, -0.05) is 0 Å². The van der Waals surface area contributed by atoms with Crippen molar-refractivity contribution in [2.24, 2.45) is 11.8 Å². The summed E-state index contributed by atoms with van der Waals surface area (Å²) in [5.74, 6) is 2.32. The summed E-state index contributed by atoms with van der Waals surface area (Å²) < 4.78 is 0. The number of likely N-dealkylation sites (N-methyl/N-ethyl adjacent to an activating group) is 1. The number of aromatic nitrogens is 1. The molecule has 1 aliphatic carbocycles. The molecule has 0 radical (unpaired) electrons. The molecule has 0 aromatic carbocycles. The fraction of sp³-hybridized carbons (Fsp3) is 0.720. The average molecular weight is 438 g/mol. The normalized spacial score (nSPS) is 33.3. The number of likely N-dealkylation sites (tertiary alicyclic amines) is 1. The van der Waals surface area contributed by atoms with Crippen LogP contribution in [0.25, 0.3) is 0 Å². The van der Waals surface area contributed by atoms with E-state index in [1.54, 1.807) is 0 Å². The molecule has 7 heteroatoms. The summed E-state index contributed by atoms with van der Waals surface area (Å²) in [5, 5.41) is 0. The first-order chi connectivity index (χ1) is 15.6. The van der Waals surface area contributed by atoms with Crippen LogP contribution in [0, 0.1) is 11.8 Å². The molecule has 1 aromatic heterocycles. The van der Waals surface area contributed by atoms with Crippen molar-refractivity contribution in [3.8, 4) is 0 Å². The van der Waals surface area contributed by atoms with Gasteiger partial charge in [-0.05, 0) is 57.1 Å². The molecular formula is C25H35N5O2. The van der Waals surface area contributed by atoms with Gasteiger partial charge in [-0.25, -0.2) is 0 Å². The van der Waals surface area contributed by atoms with Gasteiger partial charge in [-0.3, -0.25) is 14.6 Å². The lowest BCUT2D eigenvalue weighted by molar-refractivity contribution is -0.148. The molecule has 1 saturated carbocycles. The van der Waals surface area contributed by atoms with Gasteiger partial charge < -0.3 is 19.6 Å². The number of anilines is 1. The van der Waals surface area contributed by atoms with Crippen LogP contribution in [-0.2, 0) is 9.59 Å². The highest BCUT2D eigenvalue weighted by molar-refractivity contribution is 5.89. The quantitative estimate of drug-likeness (QED) is 0.723. The molecule has 7 nitrogen and oxygen atoms in total. The van der Waals surface area contributed by atoms with E-state index in [-0.39, 0.29) is 17.9 Å². The van der Waals surface area contributed by atoms with Crippen molar-refractivity contribution in [1.29, 1.82) is 0 Å². The molecule has 0 N–H and O–H groups in total. The zero-order chi connectivity index (χ0) is 21.8. The highest BCUT2D eigenvalue weighted by Crippen LogP contribution is 2.49. The minimum atomic E-state index is -0.227. The van der Waals surface area contributed by atoms with Crippen LogP contribution >= 0.6 is 0 Å². The molecule has 5 heterocycles. The fourth-order valence-corrected chi connectivity index (χ4v) is 6.59. The maximum Gasteiger partial charge on any atom is 0.245 e. The van der Waals surface area contributed by atoms with Crippen molar-refractivity contribution in [2.75, 3.05) is 51.2 Å². The maximum absolute atomic E-state index is 13.4. The summed E-state index contributed by atoms with van der Waals surface area (Å²) in [7, 11) is 2.17. The summed E-state index contributed by atoms with van der Waals surface area (Å²) in [6, 6.07) is 2.21. The van der Waals surface area contributed by atoms with Crippen LogP contribution in [0.3, 0.4) is 0 Å². The standard InChI is InChI=1S/C25H35N5O2/c1-27-8-10-28(11-9-27)22-6-7-26-14-21(22)19-15-29(16-19)25(32)23-4-3-20-13-18-12-17(18)2-5-24(31)30(20)23/h6-7,14,17-20,23H,2-5,8-13,15-16H2,1H3/t17-,18+,20+,23-/m0/s1. The number of carbonyl (C=O) groups excluding carboxylic acids is 2. The third kappa shape index (κ3) is 3.58. The lowest BCUT2D eigenvalue weighted by Gasteiger charge is -2.44. The Balaban J connectivity index is 1.12. The molecule has 4 aliphatic heterocycles. The van der Waals surface area contributed by atoms with Gasteiger partial charge in [0.25, 0.3) is 0 Å². The van der Waals surface area contributed by atoms with Crippen molar-refractivity contribution in [3.05, 3.63) is 24.0 Å². The Morgan fingerprint density at radius 3 is 2.66 bits per heavy atom. The number of pyridine rings is 1. The van der Waals surface area contributed by atoms with Crippen LogP contribution in [0.2, 0.25) is 0 Å². The Morgan fingerprint density at radius 1 is 1.03 bits per heavy atom. The van der Waals surface area contributed by atoms with E-state index in [9.17, 15) is 9.59 Å². The summed E-state index contributed by atoms with van der Waals surface area (Å²) in [6.45, 7) is 5.71. The first-order valence-corrected chi connectivity index (χ1v) is 12.6.